The molecule has 1 aliphatic heterocycles. The van der Waals surface area contributed by atoms with E-state index in [0.29, 0.717) is 0 Å². The summed E-state index contributed by atoms with van der Waals surface area (Å²) in [7, 11) is 1.81. The van der Waals surface area contributed by atoms with E-state index in [1.165, 1.54) is 0 Å². The Morgan fingerprint density at radius 2 is 1.81 bits per heavy atom. The molecule has 4 aromatic rings. The SMILES string of the molecule is Cc1cc2n(n1)C(c1cc(=O)n(C)c3ccccc13)Nc1ccccc1-2. The molecule has 0 saturated heterocycles. The van der Waals surface area contributed by atoms with E-state index >= 15 is 0 Å². The first-order valence-electron chi connectivity index (χ1n) is 8.64. The van der Waals surface area contributed by atoms with E-state index in [4.69, 9.17) is 5.10 Å². The molecule has 5 nitrogen and oxygen atoms in total. The van der Waals surface area contributed by atoms with Crippen LogP contribution in [0, 0.1) is 6.92 Å². The highest BCUT2D eigenvalue weighted by Crippen LogP contribution is 2.39. The van der Waals surface area contributed by atoms with Crippen molar-refractivity contribution in [2.45, 2.75) is 13.1 Å². The molecule has 0 aliphatic carbocycles. The highest BCUT2D eigenvalue weighted by atomic mass is 16.1. The molecule has 128 valence electrons. The van der Waals surface area contributed by atoms with Gasteiger partial charge in [-0.25, -0.2) is 4.68 Å². The van der Waals surface area contributed by atoms with Crippen molar-refractivity contribution in [3.63, 3.8) is 0 Å². The zero-order valence-electron chi connectivity index (χ0n) is 14.6. The van der Waals surface area contributed by atoms with Crippen LogP contribution in [0.5, 0.6) is 0 Å². The van der Waals surface area contributed by atoms with Crippen LogP contribution < -0.4 is 10.9 Å². The van der Waals surface area contributed by atoms with E-state index in [9.17, 15) is 4.79 Å². The molecule has 0 saturated carbocycles. The molecule has 1 atom stereocenters. The minimum absolute atomic E-state index is 0.0233. The first-order chi connectivity index (χ1) is 12.6. The summed E-state index contributed by atoms with van der Waals surface area (Å²) < 4.78 is 3.67. The lowest BCUT2D eigenvalue weighted by Gasteiger charge is -2.30. The number of fused-ring (bicyclic) bond motifs is 4. The van der Waals surface area contributed by atoms with Crippen molar-refractivity contribution in [1.29, 1.82) is 0 Å². The summed E-state index contributed by atoms with van der Waals surface area (Å²) in [5, 5.41) is 9.33. The second-order valence-corrected chi connectivity index (χ2v) is 6.72. The molecule has 0 amide bonds. The van der Waals surface area contributed by atoms with Crippen molar-refractivity contribution in [2.75, 3.05) is 5.32 Å². The maximum absolute atomic E-state index is 12.6. The standard InChI is InChI=1S/C21H18N4O/c1-13-11-19-15-8-3-5-9-17(15)22-21(25(19)23-13)16-12-20(26)24(2)18-10-6-4-7-14(16)18/h3-12,21-22H,1-2H3. The van der Waals surface area contributed by atoms with Gasteiger partial charge < -0.3 is 9.88 Å². The van der Waals surface area contributed by atoms with Crippen LogP contribution in [0.25, 0.3) is 22.2 Å². The molecule has 1 unspecified atom stereocenters. The Morgan fingerprint density at radius 3 is 2.69 bits per heavy atom. The van der Waals surface area contributed by atoms with Gasteiger partial charge in [0, 0.05) is 35.3 Å². The third-order valence-corrected chi connectivity index (χ3v) is 5.08. The van der Waals surface area contributed by atoms with Gasteiger partial charge in [-0.05, 0) is 25.1 Å². The fraction of sp³-hybridized carbons (Fsp3) is 0.143. The van der Waals surface area contributed by atoms with Crippen LogP contribution in [0.1, 0.15) is 17.4 Å². The maximum atomic E-state index is 12.6. The zero-order valence-corrected chi connectivity index (χ0v) is 14.6. The Labute approximate surface area is 150 Å². The van der Waals surface area contributed by atoms with Crippen LogP contribution in [0.15, 0.2) is 65.5 Å². The van der Waals surface area contributed by atoms with Crippen molar-refractivity contribution < 1.29 is 0 Å². The fourth-order valence-electron chi connectivity index (χ4n) is 3.83. The average molecular weight is 342 g/mol. The van der Waals surface area contributed by atoms with E-state index in [-0.39, 0.29) is 11.7 Å². The largest absolute Gasteiger partial charge is 0.359 e. The van der Waals surface area contributed by atoms with Crippen LogP contribution in [-0.2, 0) is 7.05 Å². The first-order valence-corrected chi connectivity index (χ1v) is 8.64. The number of hydrogen-bond donors (Lipinski definition) is 1. The quantitative estimate of drug-likeness (QED) is 0.574. The number of aryl methyl sites for hydroxylation is 2. The average Bonchev–Trinajstić information content (AvgIpc) is 3.06. The zero-order chi connectivity index (χ0) is 17.8. The Morgan fingerprint density at radius 1 is 1.04 bits per heavy atom. The number of benzene rings is 2. The molecule has 3 heterocycles. The van der Waals surface area contributed by atoms with Crippen molar-refractivity contribution in [3.8, 4) is 11.3 Å². The number of pyridine rings is 1. The van der Waals surface area contributed by atoms with Gasteiger partial charge >= 0.3 is 0 Å². The van der Waals surface area contributed by atoms with Gasteiger partial charge in [-0.1, -0.05) is 36.4 Å². The van der Waals surface area contributed by atoms with Crippen molar-refractivity contribution in [1.82, 2.24) is 14.3 Å². The normalized spacial score (nSPS) is 15.4. The number of aromatic nitrogens is 3. The fourth-order valence-corrected chi connectivity index (χ4v) is 3.83. The molecule has 26 heavy (non-hydrogen) atoms. The summed E-state index contributed by atoms with van der Waals surface area (Å²) in [4.78, 5) is 12.6. The molecule has 0 radical (unpaired) electrons. The van der Waals surface area contributed by atoms with Crippen molar-refractivity contribution in [3.05, 3.63) is 82.3 Å². The number of anilines is 1. The number of rotatable bonds is 1. The molecule has 0 fully saturated rings. The molecule has 1 aliphatic rings. The molecule has 0 spiro atoms. The van der Waals surface area contributed by atoms with Gasteiger partial charge in [0.05, 0.1) is 16.9 Å². The van der Waals surface area contributed by atoms with Crippen molar-refractivity contribution >= 4 is 16.6 Å². The topological polar surface area (TPSA) is 51.9 Å². The van der Waals surface area contributed by atoms with Gasteiger partial charge in [-0.15, -0.1) is 0 Å². The summed E-state index contributed by atoms with van der Waals surface area (Å²) in [6.07, 6.45) is -0.229. The minimum atomic E-state index is -0.229. The van der Waals surface area contributed by atoms with E-state index in [1.807, 2.05) is 49.0 Å². The summed E-state index contributed by atoms with van der Waals surface area (Å²) >= 11 is 0. The first kappa shape index (κ1) is 15.0. The summed E-state index contributed by atoms with van der Waals surface area (Å²) in [5.41, 5.74) is 6.02. The predicted octanol–water partition coefficient (Wildman–Crippen LogP) is 3.68. The van der Waals surface area contributed by atoms with E-state index < -0.39 is 0 Å². The molecule has 1 N–H and O–H groups in total. The third kappa shape index (κ3) is 2.03. The van der Waals surface area contributed by atoms with Gasteiger partial charge in [0.15, 0.2) is 0 Å². The van der Waals surface area contributed by atoms with E-state index in [1.54, 1.807) is 10.6 Å². The number of hydrogen-bond acceptors (Lipinski definition) is 3. The lowest BCUT2D eigenvalue weighted by molar-refractivity contribution is 0.573. The van der Waals surface area contributed by atoms with Gasteiger partial charge in [0.1, 0.15) is 6.17 Å². The molecule has 2 aromatic heterocycles. The van der Waals surface area contributed by atoms with Crippen molar-refractivity contribution in [2.24, 2.45) is 7.05 Å². The number of nitrogens with one attached hydrogen (secondary N) is 1. The number of nitrogens with zero attached hydrogens (tertiary/aromatic N) is 3. The van der Waals surface area contributed by atoms with Gasteiger partial charge in [0.2, 0.25) is 0 Å². The molecular formula is C21H18N4O. The van der Waals surface area contributed by atoms with Crippen LogP contribution >= 0.6 is 0 Å². The smallest absolute Gasteiger partial charge is 0.251 e. The minimum Gasteiger partial charge on any atom is -0.359 e. The lowest BCUT2D eigenvalue weighted by atomic mass is 10.0. The molecule has 0 bridgehead atoms. The highest BCUT2D eigenvalue weighted by Gasteiger charge is 2.28. The Balaban J connectivity index is 1.82. The monoisotopic (exact) mass is 342 g/mol. The van der Waals surface area contributed by atoms with Gasteiger partial charge in [-0.2, -0.15) is 5.10 Å². The molecule has 5 rings (SSSR count). The lowest BCUT2D eigenvalue weighted by Crippen LogP contribution is -2.28. The Kier molecular flexibility index (Phi) is 3.06. The van der Waals surface area contributed by atoms with Gasteiger partial charge in [0.25, 0.3) is 5.56 Å². The predicted molar refractivity (Wildman–Crippen MR) is 103 cm³/mol. The highest BCUT2D eigenvalue weighted by molar-refractivity contribution is 5.85. The third-order valence-electron chi connectivity index (χ3n) is 5.08. The van der Waals surface area contributed by atoms with Crippen LogP contribution in [0.2, 0.25) is 0 Å². The van der Waals surface area contributed by atoms with Crippen LogP contribution in [0.3, 0.4) is 0 Å². The Bertz CT molecular complexity index is 1220. The summed E-state index contributed by atoms with van der Waals surface area (Å²) in [5.74, 6) is 0. The van der Waals surface area contributed by atoms with E-state index in [0.717, 1.165) is 39.1 Å². The summed E-state index contributed by atoms with van der Waals surface area (Å²) in [6, 6.07) is 20.0. The molecule has 2 aromatic carbocycles. The molecule has 5 heteroatoms. The number of para-hydroxylation sites is 2. The maximum Gasteiger partial charge on any atom is 0.251 e. The van der Waals surface area contributed by atoms with Crippen LogP contribution in [0.4, 0.5) is 5.69 Å². The van der Waals surface area contributed by atoms with E-state index in [2.05, 4.69) is 29.6 Å². The molecular weight excluding hydrogens is 324 g/mol. The Hall–Kier alpha value is -3.34. The second kappa shape index (κ2) is 5.33. The van der Waals surface area contributed by atoms with Crippen LogP contribution in [-0.4, -0.2) is 14.3 Å². The second-order valence-electron chi connectivity index (χ2n) is 6.72. The van der Waals surface area contributed by atoms with Gasteiger partial charge in [-0.3, -0.25) is 4.79 Å². The summed E-state index contributed by atoms with van der Waals surface area (Å²) in [6.45, 7) is 1.99.